The summed E-state index contributed by atoms with van der Waals surface area (Å²) in [6.45, 7) is 2.65. The Morgan fingerprint density at radius 3 is 2.52 bits per heavy atom. The van der Waals surface area contributed by atoms with Crippen molar-refractivity contribution in [3.05, 3.63) is 34.9 Å². The Morgan fingerprint density at radius 1 is 1.35 bits per heavy atom. The summed E-state index contributed by atoms with van der Waals surface area (Å²) in [6, 6.07) is 9.82. The van der Waals surface area contributed by atoms with Gasteiger partial charge in [0.05, 0.1) is 13.1 Å². The van der Waals surface area contributed by atoms with E-state index >= 15 is 0 Å². The Kier molecular flexibility index (Phi) is 6.04. The number of rotatable bonds is 5. The second-order valence-corrected chi connectivity index (χ2v) is 7.05. The molecule has 1 aliphatic carbocycles. The SMILES string of the molecule is C[C@@H](C(=O)NC1(C#N)CCCCC1)[NH+](C)Cc1ccc(Cl)cc1. The number of hydrogen-bond donors (Lipinski definition) is 2. The molecule has 2 N–H and O–H groups in total. The number of benzene rings is 1. The van der Waals surface area contributed by atoms with Gasteiger partial charge in [0.2, 0.25) is 0 Å². The summed E-state index contributed by atoms with van der Waals surface area (Å²) in [5.74, 6) is -0.0417. The largest absolute Gasteiger partial charge is 0.333 e. The van der Waals surface area contributed by atoms with Gasteiger partial charge in [0.25, 0.3) is 5.91 Å². The smallest absolute Gasteiger partial charge is 0.279 e. The van der Waals surface area contributed by atoms with E-state index in [1.807, 2.05) is 38.2 Å². The summed E-state index contributed by atoms with van der Waals surface area (Å²) in [6.07, 6.45) is 4.69. The van der Waals surface area contributed by atoms with Gasteiger partial charge in [0.15, 0.2) is 6.04 Å². The number of nitrogens with one attached hydrogen (secondary N) is 2. The first-order valence-electron chi connectivity index (χ1n) is 8.26. The van der Waals surface area contributed by atoms with Crippen LogP contribution in [0.25, 0.3) is 0 Å². The zero-order chi connectivity index (χ0) is 16.9. The summed E-state index contributed by atoms with van der Waals surface area (Å²) in [5.41, 5.74) is 0.476. The maximum atomic E-state index is 12.6. The molecular formula is C18H25ClN3O+. The van der Waals surface area contributed by atoms with Crippen LogP contribution >= 0.6 is 11.6 Å². The van der Waals surface area contributed by atoms with Crippen LogP contribution < -0.4 is 10.2 Å². The van der Waals surface area contributed by atoms with Gasteiger partial charge in [0.1, 0.15) is 12.1 Å². The first kappa shape index (κ1) is 17.8. The molecule has 1 saturated carbocycles. The van der Waals surface area contributed by atoms with Crippen molar-refractivity contribution in [2.75, 3.05) is 7.05 Å². The molecule has 5 heteroatoms. The third kappa shape index (κ3) is 4.70. The van der Waals surface area contributed by atoms with E-state index in [2.05, 4.69) is 11.4 Å². The lowest BCUT2D eigenvalue weighted by Gasteiger charge is -2.33. The number of likely N-dealkylation sites (N-methyl/N-ethyl adjacent to an activating group) is 1. The van der Waals surface area contributed by atoms with Crippen LogP contribution in [0, 0.1) is 11.3 Å². The number of nitrogens with zero attached hydrogens (tertiary/aromatic N) is 1. The normalized spacial score (nSPS) is 19.4. The summed E-state index contributed by atoms with van der Waals surface area (Å²) in [4.78, 5) is 13.6. The highest BCUT2D eigenvalue weighted by atomic mass is 35.5. The molecule has 1 aliphatic rings. The molecule has 0 bridgehead atoms. The Morgan fingerprint density at radius 2 is 1.96 bits per heavy atom. The van der Waals surface area contributed by atoms with Gasteiger partial charge < -0.3 is 10.2 Å². The number of carbonyl (C=O) groups is 1. The van der Waals surface area contributed by atoms with Crippen molar-refractivity contribution in [1.82, 2.24) is 5.32 Å². The van der Waals surface area contributed by atoms with Gasteiger partial charge in [-0.2, -0.15) is 5.26 Å². The first-order valence-corrected chi connectivity index (χ1v) is 8.63. The van der Waals surface area contributed by atoms with Gasteiger partial charge in [-0.05, 0) is 31.9 Å². The molecule has 4 nitrogen and oxygen atoms in total. The average Bonchev–Trinajstić information content (AvgIpc) is 2.57. The molecule has 0 saturated heterocycles. The van der Waals surface area contributed by atoms with E-state index in [0.717, 1.165) is 49.1 Å². The fourth-order valence-electron chi connectivity index (χ4n) is 3.07. The fraction of sp³-hybridized carbons (Fsp3) is 0.556. The average molecular weight is 335 g/mol. The number of quaternary nitrogens is 1. The molecule has 0 heterocycles. The Hall–Kier alpha value is -1.57. The fourth-order valence-corrected chi connectivity index (χ4v) is 3.19. The van der Waals surface area contributed by atoms with Gasteiger partial charge in [0, 0.05) is 10.6 Å². The predicted octanol–water partition coefficient (Wildman–Crippen LogP) is 2.09. The van der Waals surface area contributed by atoms with Crippen LogP contribution in [0.15, 0.2) is 24.3 Å². The van der Waals surface area contributed by atoms with Gasteiger partial charge in [-0.3, -0.25) is 4.79 Å². The summed E-state index contributed by atoms with van der Waals surface area (Å²) in [5, 5.41) is 13.2. The highest BCUT2D eigenvalue weighted by Gasteiger charge is 2.36. The maximum Gasteiger partial charge on any atom is 0.279 e. The zero-order valence-corrected chi connectivity index (χ0v) is 14.6. The lowest BCUT2D eigenvalue weighted by molar-refractivity contribution is -0.908. The molecule has 1 fully saturated rings. The number of halogens is 1. The molecule has 2 rings (SSSR count). The van der Waals surface area contributed by atoms with Gasteiger partial charge in [-0.25, -0.2) is 0 Å². The topological polar surface area (TPSA) is 57.3 Å². The second kappa shape index (κ2) is 7.81. The molecule has 1 unspecified atom stereocenters. The number of amides is 1. The van der Waals surface area contributed by atoms with Crippen molar-refractivity contribution in [3.63, 3.8) is 0 Å². The van der Waals surface area contributed by atoms with Gasteiger partial charge >= 0.3 is 0 Å². The molecule has 1 amide bonds. The molecule has 23 heavy (non-hydrogen) atoms. The molecule has 0 spiro atoms. The van der Waals surface area contributed by atoms with Crippen molar-refractivity contribution in [3.8, 4) is 6.07 Å². The van der Waals surface area contributed by atoms with Crippen LogP contribution in [-0.2, 0) is 11.3 Å². The van der Waals surface area contributed by atoms with E-state index in [1.54, 1.807) is 0 Å². The van der Waals surface area contributed by atoms with Gasteiger partial charge in [-0.15, -0.1) is 0 Å². The van der Waals surface area contributed by atoms with Crippen LogP contribution in [0.3, 0.4) is 0 Å². The van der Waals surface area contributed by atoms with Crippen LogP contribution in [0.1, 0.15) is 44.6 Å². The monoisotopic (exact) mass is 334 g/mol. The minimum absolute atomic E-state index is 0.0417. The molecule has 0 aliphatic heterocycles. The molecule has 0 radical (unpaired) electrons. The van der Waals surface area contributed by atoms with Crippen molar-refractivity contribution in [2.24, 2.45) is 0 Å². The van der Waals surface area contributed by atoms with Crippen LogP contribution in [0.4, 0.5) is 0 Å². The standard InChI is InChI=1S/C18H24ClN3O/c1-14(22(2)12-15-6-8-16(19)9-7-15)17(23)21-18(13-20)10-4-3-5-11-18/h6-9,14H,3-5,10-12H2,1-2H3,(H,21,23)/p+1/t14-/m0/s1. The molecule has 1 aromatic carbocycles. The summed E-state index contributed by atoms with van der Waals surface area (Å²) < 4.78 is 0. The maximum absolute atomic E-state index is 12.6. The highest BCUT2D eigenvalue weighted by Crippen LogP contribution is 2.27. The third-order valence-electron chi connectivity index (χ3n) is 4.81. The minimum atomic E-state index is -0.663. The molecule has 2 atom stereocenters. The van der Waals surface area contributed by atoms with E-state index in [4.69, 9.17) is 11.6 Å². The Labute approximate surface area is 143 Å². The number of carbonyl (C=O) groups excluding carboxylic acids is 1. The quantitative estimate of drug-likeness (QED) is 0.866. The van der Waals surface area contributed by atoms with E-state index in [9.17, 15) is 10.1 Å². The molecule has 1 aromatic rings. The molecular weight excluding hydrogens is 310 g/mol. The Bertz CT molecular complexity index is 573. The van der Waals surface area contributed by atoms with Crippen molar-refractivity contribution < 1.29 is 9.69 Å². The van der Waals surface area contributed by atoms with E-state index in [0.29, 0.717) is 5.02 Å². The minimum Gasteiger partial charge on any atom is -0.333 e. The lowest BCUT2D eigenvalue weighted by atomic mass is 9.82. The molecule has 124 valence electrons. The third-order valence-corrected chi connectivity index (χ3v) is 5.06. The van der Waals surface area contributed by atoms with Crippen molar-refractivity contribution in [2.45, 2.75) is 57.2 Å². The van der Waals surface area contributed by atoms with Crippen LogP contribution in [0.2, 0.25) is 5.02 Å². The van der Waals surface area contributed by atoms with Crippen LogP contribution in [0.5, 0.6) is 0 Å². The number of nitriles is 1. The first-order chi connectivity index (χ1) is 11.0. The Balaban J connectivity index is 1.95. The summed E-state index contributed by atoms with van der Waals surface area (Å²) >= 11 is 5.90. The van der Waals surface area contributed by atoms with Crippen molar-refractivity contribution in [1.29, 1.82) is 5.26 Å². The number of hydrogen-bond acceptors (Lipinski definition) is 2. The summed E-state index contributed by atoms with van der Waals surface area (Å²) in [7, 11) is 2.00. The van der Waals surface area contributed by atoms with E-state index < -0.39 is 5.54 Å². The van der Waals surface area contributed by atoms with E-state index in [1.165, 1.54) is 0 Å². The van der Waals surface area contributed by atoms with Crippen LogP contribution in [-0.4, -0.2) is 24.5 Å². The van der Waals surface area contributed by atoms with Crippen molar-refractivity contribution >= 4 is 17.5 Å². The highest BCUT2D eigenvalue weighted by molar-refractivity contribution is 6.30. The molecule has 0 aromatic heterocycles. The van der Waals surface area contributed by atoms with Gasteiger partial charge in [-0.1, -0.05) is 43.0 Å². The zero-order valence-electron chi connectivity index (χ0n) is 13.9. The lowest BCUT2D eigenvalue weighted by Crippen LogP contribution is -3.12. The van der Waals surface area contributed by atoms with E-state index in [-0.39, 0.29) is 11.9 Å². The predicted molar refractivity (Wildman–Crippen MR) is 91.1 cm³/mol. The second-order valence-electron chi connectivity index (χ2n) is 6.62.